The topological polar surface area (TPSA) is 65.5 Å². The number of esters is 1. The minimum Gasteiger partial charge on any atom is -0.480 e. The van der Waals surface area contributed by atoms with Crippen LogP contribution >= 0.6 is 23.2 Å². The van der Waals surface area contributed by atoms with Crippen LogP contribution in [0.3, 0.4) is 0 Å². The van der Waals surface area contributed by atoms with Gasteiger partial charge in [-0.1, -0.05) is 36.2 Å². The third-order valence-electron chi connectivity index (χ3n) is 5.92. The second kappa shape index (κ2) is 8.40. The summed E-state index contributed by atoms with van der Waals surface area (Å²) in [5.74, 6) is -0.0556. The van der Waals surface area contributed by atoms with Gasteiger partial charge in [0, 0.05) is 35.4 Å². The second-order valence-electron chi connectivity index (χ2n) is 7.68. The van der Waals surface area contributed by atoms with Crippen molar-refractivity contribution in [1.29, 1.82) is 0 Å². The first kappa shape index (κ1) is 20.9. The van der Waals surface area contributed by atoms with Crippen LogP contribution in [0, 0.1) is 5.41 Å². The fraction of sp³-hybridized carbons (Fsp3) is 0.348. The van der Waals surface area contributed by atoms with Crippen molar-refractivity contribution in [3.05, 3.63) is 63.4 Å². The molecule has 1 aromatic heterocycles. The van der Waals surface area contributed by atoms with Gasteiger partial charge >= 0.3 is 5.97 Å². The molecule has 2 aromatic rings. The van der Waals surface area contributed by atoms with Gasteiger partial charge in [0.15, 0.2) is 12.4 Å². The fourth-order valence-electron chi connectivity index (χ4n) is 4.28. The van der Waals surface area contributed by atoms with Crippen molar-refractivity contribution < 1.29 is 19.1 Å². The van der Waals surface area contributed by atoms with Crippen LogP contribution in [-0.4, -0.2) is 23.3 Å². The summed E-state index contributed by atoms with van der Waals surface area (Å²) < 4.78 is 10.8. The molecule has 156 valence electrons. The number of fused-ring (bicyclic) bond motifs is 3. The number of halogens is 2. The molecule has 30 heavy (non-hydrogen) atoms. The van der Waals surface area contributed by atoms with Crippen LogP contribution in [0.1, 0.15) is 42.9 Å². The van der Waals surface area contributed by atoms with E-state index in [2.05, 4.69) is 11.9 Å². The van der Waals surface area contributed by atoms with E-state index in [-0.39, 0.29) is 29.4 Å². The molecule has 0 spiro atoms. The van der Waals surface area contributed by atoms with Crippen LogP contribution in [0.25, 0.3) is 5.57 Å². The maximum Gasteiger partial charge on any atom is 0.344 e. The molecule has 0 aliphatic heterocycles. The Kier molecular flexibility index (Phi) is 5.85. The number of ether oxygens (including phenoxy) is 2. The summed E-state index contributed by atoms with van der Waals surface area (Å²) in [6, 6.07) is 5.43. The SMILES string of the molecule is CCC12CCC(=O)C=C1c1c(cc(OCC(=O)OCc3cccnc3)c(Cl)c1Cl)C2. The van der Waals surface area contributed by atoms with Crippen molar-refractivity contribution in [3.63, 3.8) is 0 Å². The third kappa shape index (κ3) is 3.84. The Morgan fingerprint density at radius 3 is 2.87 bits per heavy atom. The van der Waals surface area contributed by atoms with Crippen molar-refractivity contribution in [1.82, 2.24) is 4.98 Å². The molecule has 1 unspecified atom stereocenters. The fourth-order valence-corrected chi connectivity index (χ4v) is 4.80. The van der Waals surface area contributed by atoms with Crippen LogP contribution in [0.15, 0.2) is 36.7 Å². The molecule has 2 aliphatic rings. The van der Waals surface area contributed by atoms with Gasteiger partial charge in [-0.3, -0.25) is 9.78 Å². The molecule has 1 aromatic carbocycles. The molecular weight excluding hydrogens is 425 g/mol. The summed E-state index contributed by atoms with van der Waals surface area (Å²) in [7, 11) is 0. The lowest BCUT2D eigenvalue weighted by atomic mass is 9.71. The van der Waals surface area contributed by atoms with Crippen LogP contribution in [0.5, 0.6) is 5.75 Å². The van der Waals surface area contributed by atoms with E-state index in [4.69, 9.17) is 32.7 Å². The largest absolute Gasteiger partial charge is 0.480 e. The highest BCUT2D eigenvalue weighted by atomic mass is 35.5. The van der Waals surface area contributed by atoms with E-state index < -0.39 is 5.97 Å². The molecule has 0 fully saturated rings. The molecule has 5 nitrogen and oxygen atoms in total. The van der Waals surface area contributed by atoms with E-state index in [1.807, 2.05) is 12.1 Å². The van der Waals surface area contributed by atoms with Crippen LogP contribution < -0.4 is 4.74 Å². The predicted molar refractivity (Wildman–Crippen MR) is 115 cm³/mol. The monoisotopic (exact) mass is 445 g/mol. The number of carbonyl (C=O) groups is 2. The number of hydrogen-bond acceptors (Lipinski definition) is 5. The molecule has 0 saturated heterocycles. The molecular formula is C23H21Cl2NO4. The third-order valence-corrected chi connectivity index (χ3v) is 6.77. The number of carbonyl (C=O) groups excluding carboxylic acids is 2. The second-order valence-corrected chi connectivity index (χ2v) is 8.44. The summed E-state index contributed by atoms with van der Waals surface area (Å²) >= 11 is 13.1. The Bertz CT molecular complexity index is 1040. The highest BCUT2D eigenvalue weighted by molar-refractivity contribution is 6.44. The van der Waals surface area contributed by atoms with E-state index in [0.717, 1.165) is 41.5 Å². The Balaban J connectivity index is 1.51. The van der Waals surface area contributed by atoms with Gasteiger partial charge in [0.25, 0.3) is 0 Å². The van der Waals surface area contributed by atoms with E-state index in [1.165, 1.54) is 0 Å². The maximum absolute atomic E-state index is 12.1. The van der Waals surface area contributed by atoms with Crippen LogP contribution in [0.4, 0.5) is 0 Å². The highest BCUT2D eigenvalue weighted by Crippen LogP contribution is 2.57. The molecule has 0 bridgehead atoms. The van der Waals surface area contributed by atoms with Crippen molar-refractivity contribution >= 4 is 40.5 Å². The Labute approximate surface area is 185 Å². The van der Waals surface area contributed by atoms with Crippen molar-refractivity contribution in [2.24, 2.45) is 5.41 Å². The molecule has 4 rings (SSSR count). The quantitative estimate of drug-likeness (QED) is 0.570. The first-order chi connectivity index (χ1) is 14.4. The number of pyridine rings is 1. The van der Waals surface area contributed by atoms with Gasteiger partial charge in [-0.2, -0.15) is 0 Å². The normalized spacial score (nSPS) is 19.7. The Morgan fingerprint density at radius 2 is 2.13 bits per heavy atom. The average molecular weight is 446 g/mol. The number of benzene rings is 1. The summed E-state index contributed by atoms with van der Waals surface area (Å²) in [6.45, 7) is 1.96. The lowest BCUT2D eigenvalue weighted by molar-refractivity contribution is -0.147. The van der Waals surface area contributed by atoms with Crippen molar-refractivity contribution in [2.75, 3.05) is 6.61 Å². The summed E-state index contributed by atoms with van der Waals surface area (Å²) in [4.78, 5) is 28.1. The lowest BCUT2D eigenvalue weighted by Crippen LogP contribution is -2.24. The number of hydrogen-bond donors (Lipinski definition) is 0. The van der Waals surface area contributed by atoms with E-state index in [1.54, 1.807) is 24.5 Å². The van der Waals surface area contributed by atoms with E-state index in [0.29, 0.717) is 17.2 Å². The molecule has 0 amide bonds. The first-order valence-corrected chi connectivity index (χ1v) is 10.6. The summed E-state index contributed by atoms with van der Waals surface area (Å²) in [5, 5.41) is 0.602. The van der Waals surface area contributed by atoms with Gasteiger partial charge in [-0.05, 0) is 48.6 Å². The Hall–Kier alpha value is -2.37. The molecule has 1 atom stereocenters. The number of aromatic nitrogens is 1. The van der Waals surface area contributed by atoms with E-state index >= 15 is 0 Å². The Morgan fingerprint density at radius 1 is 1.30 bits per heavy atom. The standard InChI is InChI=1S/C23H21Cl2NO4/c1-2-23-6-5-16(27)9-17(23)20-15(10-23)8-18(21(24)22(20)25)29-13-19(28)30-12-14-4-3-7-26-11-14/h3-4,7-9,11H,2,5-6,10,12-13H2,1H3. The van der Waals surface area contributed by atoms with Gasteiger partial charge in [0.2, 0.25) is 0 Å². The molecule has 2 aliphatic carbocycles. The van der Waals surface area contributed by atoms with Gasteiger partial charge < -0.3 is 9.47 Å². The number of ketones is 1. The van der Waals surface area contributed by atoms with E-state index in [9.17, 15) is 9.59 Å². The minimum absolute atomic E-state index is 0.0928. The predicted octanol–water partition coefficient (Wildman–Crippen LogP) is 5.21. The number of rotatable bonds is 6. The molecule has 1 heterocycles. The van der Waals surface area contributed by atoms with Crippen molar-refractivity contribution in [2.45, 2.75) is 39.2 Å². The van der Waals surface area contributed by atoms with Gasteiger partial charge in [-0.25, -0.2) is 4.79 Å². The number of nitrogens with zero attached hydrogens (tertiary/aromatic N) is 1. The lowest BCUT2D eigenvalue weighted by Gasteiger charge is -2.32. The minimum atomic E-state index is -0.515. The summed E-state index contributed by atoms with van der Waals surface area (Å²) in [5.41, 5.74) is 3.50. The zero-order chi connectivity index (χ0) is 21.3. The smallest absolute Gasteiger partial charge is 0.344 e. The van der Waals surface area contributed by atoms with Gasteiger partial charge in [0.05, 0.1) is 5.02 Å². The van der Waals surface area contributed by atoms with Crippen LogP contribution in [0.2, 0.25) is 10.0 Å². The molecule has 0 saturated carbocycles. The first-order valence-electron chi connectivity index (χ1n) is 9.87. The zero-order valence-electron chi connectivity index (χ0n) is 16.5. The van der Waals surface area contributed by atoms with Crippen LogP contribution in [-0.2, 0) is 27.4 Å². The zero-order valence-corrected chi connectivity index (χ0v) is 18.1. The van der Waals surface area contributed by atoms with Gasteiger partial charge in [0.1, 0.15) is 17.4 Å². The highest BCUT2D eigenvalue weighted by Gasteiger charge is 2.44. The van der Waals surface area contributed by atoms with Crippen molar-refractivity contribution in [3.8, 4) is 5.75 Å². The molecule has 0 N–H and O–H groups in total. The average Bonchev–Trinajstić information content (AvgIpc) is 3.08. The molecule has 0 radical (unpaired) electrons. The molecule has 7 heteroatoms. The maximum atomic E-state index is 12.1. The summed E-state index contributed by atoms with van der Waals surface area (Å²) in [6.07, 6.45) is 8.03. The number of allylic oxidation sites excluding steroid dienone is 2. The van der Waals surface area contributed by atoms with Gasteiger partial charge in [-0.15, -0.1) is 0 Å².